The highest BCUT2D eigenvalue weighted by atomic mass is 32.1. The van der Waals surface area contributed by atoms with Gasteiger partial charge in [0.2, 0.25) is 0 Å². The zero-order chi connectivity index (χ0) is 9.97. The van der Waals surface area contributed by atoms with Crippen molar-refractivity contribution >= 4 is 22.4 Å². The van der Waals surface area contributed by atoms with Crippen LogP contribution in [0.25, 0.3) is 0 Å². The molecule has 0 spiro atoms. The third kappa shape index (κ3) is 1.87. The quantitative estimate of drug-likeness (QED) is 0.802. The van der Waals surface area contributed by atoms with Gasteiger partial charge in [0, 0.05) is 17.6 Å². The summed E-state index contributed by atoms with van der Waals surface area (Å²) in [6.07, 6.45) is 4.41. The van der Waals surface area contributed by atoms with Gasteiger partial charge in [0.15, 0.2) is 5.13 Å². The molecule has 2 unspecified atom stereocenters. The molecule has 0 amide bonds. The molecule has 0 aliphatic heterocycles. The Morgan fingerprint density at radius 3 is 3.14 bits per heavy atom. The largest absolute Gasteiger partial charge is 0.481 e. The standard InChI is InChI=1S/C9H12N2O2S/c12-8(13)6-2-1-3-7(6)11-9-10-4-5-14-9/h4-7H,1-3H2,(H,10,11)(H,12,13). The number of hydrogen-bond acceptors (Lipinski definition) is 4. The fraction of sp³-hybridized carbons (Fsp3) is 0.556. The molecule has 2 atom stereocenters. The number of aromatic nitrogens is 1. The molecule has 2 N–H and O–H groups in total. The molecule has 0 saturated heterocycles. The van der Waals surface area contributed by atoms with E-state index >= 15 is 0 Å². The summed E-state index contributed by atoms with van der Waals surface area (Å²) in [7, 11) is 0. The number of carboxylic acid groups (broad SMARTS) is 1. The minimum absolute atomic E-state index is 0.0543. The maximum Gasteiger partial charge on any atom is 0.308 e. The van der Waals surface area contributed by atoms with E-state index in [4.69, 9.17) is 5.11 Å². The molecule has 5 heteroatoms. The van der Waals surface area contributed by atoms with Crippen LogP contribution in [0.1, 0.15) is 19.3 Å². The predicted molar refractivity (Wildman–Crippen MR) is 54.5 cm³/mol. The van der Waals surface area contributed by atoms with Crippen molar-refractivity contribution in [3.8, 4) is 0 Å². The van der Waals surface area contributed by atoms with Gasteiger partial charge in [-0.25, -0.2) is 4.98 Å². The van der Waals surface area contributed by atoms with Crippen molar-refractivity contribution in [2.24, 2.45) is 5.92 Å². The molecule has 1 fully saturated rings. The zero-order valence-electron chi connectivity index (χ0n) is 7.64. The van der Waals surface area contributed by atoms with E-state index in [2.05, 4.69) is 10.3 Å². The first-order valence-corrected chi connectivity index (χ1v) is 5.54. The SMILES string of the molecule is O=C(O)C1CCCC1Nc1nccs1. The van der Waals surface area contributed by atoms with E-state index in [9.17, 15) is 4.79 Å². The third-order valence-corrected chi connectivity index (χ3v) is 3.28. The fourth-order valence-electron chi connectivity index (χ4n) is 1.88. The van der Waals surface area contributed by atoms with E-state index in [0.29, 0.717) is 0 Å². The summed E-state index contributed by atoms with van der Waals surface area (Å²) < 4.78 is 0. The average molecular weight is 212 g/mol. The summed E-state index contributed by atoms with van der Waals surface area (Å²) in [5, 5.41) is 14.8. The van der Waals surface area contributed by atoms with Gasteiger partial charge in [-0.3, -0.25) is 4.79 Å². The minimum atomic E-state index is -0.698. The predicted octanol–water partition coefficient (Wildman–Crippen LogP) is 1.81. The Bertz CT molecular complexity index is 313. The molecule has 2 rings (SSSR count). The van der Waals surface area contributed by atoms with E-state index in [-0.39, 0.29) is 12.0 Å². The van der Waals surface area contributed by atoms with Gasteiger partial charge in [0.1, 0.15) is 0 Å². The summed E-state index contributed by atoms with van der Waals surface area (Å²) in [6.45, 7) is 0. The van der Waals surface area contributed by atoms with Gasteiger partial charge >= 0.3 is 5.97 Å². The maximum absolute atomic E-state index is 10.9. The fourth-order valence-corrected chi connectivity index (χ4v) is 2.47. The Kier molecular flexibility index (Phi) is 2.67. The Morgan fingerprint density at radius 1 is 1.64 bits per heavy atom. The first-order chi connectivity index (χ1) is 6.77. The molecular weight excluding hydrogens is 200 g/mol. The van der Waals surface area contributed by atoms with Crippen LogP contribution in [0.3, 0.4) is 0 Å². The third-order valence-electron chi connectivity index (χ3n) is 2.57. The van der Waals surface area contributed by atoms with Crippen molar-refractivity contribution in [3.05, 3.63) is 11.6 Å². The number of hydrogen-bond donors (Lipinski definition) is 2. The lowest BCUT2D eigenvalue weighted by atomic mass is 10.0. The summed E-state index contributed by atoms with van der Waals surface area (Å²) >= 11 is 1.51. The highest BCUT2D eigenvalue weighted by molar-refractivity contribution is 7.13. The summed E-state index contributed by atoms with van der Waals surface area (Å²) in [6, 6.07) is 0.0543. The highest BCUT2D eigenvalue weighted by Gasteiger charge is 2.33. The number of carboxylic acids is 1. The number of rotatable bonds is 3. The lowest BCUT2D eigenvalue weighted by molar-refractivity contribution is -0.141. The summed E-state index contributed by atoms with van der Waals surface area (Å²) in [5.74, 6) is -0.949. The molecule has 76 valence electrons. The molecule has 0 aromatic carbocycles. The molecule has 1 aromatic rings. The van der Waals surface area contributed by atoms with Crippen LogP contribution in [-0.4, -0.2) is 22.1 Å². The van der Waals surface area contributed by atoms with Crippen molar-refractivity contribution < 1.29 is 9.90 Å². The molecule has 1 saturated carbocycles. The van der Waals surface area contributed by atoms with E-state index in [1.807, 2.05) is 5.38 Å². The molecule has 0 bridgehead atoms. The molecule has 1 heterocycles. The van der Waals surface area contributed by atoms with Crippen LogP contribution in [0.2, 0.25) is 0 Å². The Morgan fingerprint density at radius 2 is 2.50 bits per heavy atom. The first kappa shape index (κ1) is 9.45. The van der Waals surface area contributed by atoms with Gasteiger partial charge in [0.05, 0.1) is 5.92 Å². The molecule has 1 aromatic heterocycles. The van der Waals surface area contributed by atoms with E-state index in [1.54, 1.807) is 6.20 Å². The number of nitrogens with one attached hydrogen (secondary N) is 1. The molecular formula is C9H12N2O2S. The van der Waals surface area contributed by atoms with Crippen molar-refractivity contribution in [2.45, 2.75) is 25.3 Å². The molecule has 0 radical (unpaired) electrons. The van der Waals surface area contributed by atoms with Crippen LogP contribution >= 0.6 is 11.3 Å². The lowest BCUT2D eigenvalue weighted by Gasteiger charge is -2.16. The van der Waals surface area contributed by atoms with Gasteiger partial charge in [-0.15, -0.1) is 11.3 Å². The minimum Gasteiger partial charge on any atom is -0.481 e. The van der Waals surface area contributed by atoms with Crippen LogP contribution < -0.4 is 5.32 Å². The van der Waals surface area contributed by atoms with Crippen LogP contribution in [-0.2, 0) is 4.79 Å². The molecule has 1 aliphatic rings. The van der Waals surface area contributed by atoms with Gasteiger partial charge in [-0.2, -0.15) is 0 Å². The van der Waals surface area contributed by atoms with Crippen molar-refractivity contribution in [1.82, 2.24) is 4.98 Å². The second-order valence-electron chi connectivity index (χ2n) is 3.46. The Labute approximate surface area is 86.0 Å². The monoisotopic (exact) mass is 212 g/mol. The normalized spacial score (nSPS) is 26.3. The molecule has 1 aliphatic carbocycles. The van der Waals surface area contributed by atoms with E-state index in [1.165, 1.54) is 11.3 Å². The van der Waals surface area contributed by atoms with Crippen LogP contribution in [0.4, 0.5) is 5.13 Å². The van der Waals surface area contributed by atoms with Gasteiger partial charge in [-0.1, -0.05) is 6.42 Å². The van der Waals surface area contributed by atoms with Crippen LogP contribution in [0.5, 0.6) is 0 Å². The van der Waals surface area contributed by atoms with Gasteiger partial charge in [-0.05, 0) is 12.8 Å². The number of carbonyl (C=O) groups is 1. The van der Waals surface area contributed by atoms with E-state index < -0.39 is 5.97 Å². The Balaban J connectivity index is 2.00. The van der Waals surface area contributed by atoms with Crippen molar-refractivity contribution in [3.63, 3.8) is 0 Å². The highest BCUT2D eigenvalue weighted by Crippen LogP contribution is 2.29. The second-order valence-corrected chi connectivity index (χ2v) is 4.36. The number of thiazole rings is 1. The summed E-state index contributed by atoms with van der Waals surface area (Å²) in [5.41, 5.74) is 0. The number of anilines is 1. The zero-order valence-corrected chi connectivity index (χ0v) is 8.46. The maximum atomic E-state index is 10.9. The van der Waals surface area contributed by atoms with Crippen molar-refractivity contribution in [2.75, 3.05) is 5.32 Å². The second kappa shape index (κ2) is 3.96. The van der Waals surface area contributed by atoms with Crippen LogP contribution in [0.15, 0.2) is 11.6 Å². The lowest BCUT2D eigenvalue weighted by Crippen LogP contribution is -2.29. The topological polar surface area (TPSA) is 62.2 Å². The smallest absolute Gasteiger partial charge is 0.308 e. The number of aliphatic carboxylic acids is 1. The summed E-state index contributed by atoms with van der Waals surface area (Å²) in [4.78, 5) is 15.0. The molecule has 4 nitrogen and oxygen atoms in total. The number of nitrogens with zero attached hydrogens (tertiary/aromatic N) is 1. The van der Waals surface area contributed by atoms with Crippen molar-refractivity contribution in [1.29, 1.82) is 0 Å². The van der Waals surface area contributed by atoms with Crippen LogP contribution in [0, 0.1) is 5.92 Å². The van der Waals surface area contributed by atoms with Gasteiger partial charge < -0.3 is 10.4 Å². The molecule has 14 heavy (non-hydrogen) atoms. The van der Waals surface area contributed by atoms with Gasteiger partial charge in [0.25, 0.3) is 0 Å². The average Bonchev–Trinajstić information content (AvgIpc) is 2.75. The van der Waals surface area contributed by atoms with E-state index in [0.717, 1.165) is 24.4 Å². The first-order valence-electron chi connectivity index (χ1n) is 4.66. The Hall–Kier alpha value is -1.10.